The Balaban J connectivity index is 2.11. The molecule has 0 atom stereocenters. The highest BCUT2D eigenvalue weighted by molar-refractivity contribution is 7.93. The molecule has 3 aromatic rings. The molecule has 0 spiro atoms. The zero-order valence-electron chi connectivity index (χ0n) is 19.6. The third-order valence-electron chi connectivity index (χ3n) is 5.23. The summed E-state index contributed by atoms with van der Waals surface area (Å²) in [5, 5.41) is 14.3. The Morgan fingerprint density at radius 1 is 1.03 bits per heavy atom. The zero-order valence-corrected chi connectivity index (χ0v) is 20.5. The number of nitrogens with zero attached hydrogens (tertiary/aromatic N) is 2. The summed E-state index contributed by atoms with van der Waals surface area (Å²) in [5.41, 5.74) is 1.73. The first kappa shape index (κ1) is 25.5. The zero-order chi connectivity index (χ0) is 25.8. The minimum atomic E-state index is -4.58. The maximum Gasteiger partial charge on any atom is 0.289 e. The molecule has 0 aromatic heterocycles. The highest BCUT2D eigenvalue weighted by atomic mass is 32.2. The van der Waals surface area contributed by atoms with Gasteiger partial charge in [0.1, 0.15) is 18.0 Å². The Labute approximate surface area is 203 Å². The molecule has 0 radical (unpaired) electrons. The second-order valence-electron chi connectivity index (χ2n) is 7.64. The van der Waals surface area contributed by atoms with Crippen LogP contribution in [0.25, 0.3) is 0 Å². The Morgan fingerprint density at radius 3 is 2.37 bits per heavy atom. The number of rotatable bonds is 9. The Morgan fingerprint density at radius 2 is 1.74 bits per heavy atom. The minimum absolute atomic E-state index is 0.0160. The molecule has 0 aliphatic rings. The van der Waals surface area contributed by atoms with Crippen LogP contribution in [-0.4, -0.2) is 40.0 Å². The molecule has 3 aromatic carbocycles. The minimum Gasteiger partial charge on any atom is -0.497 e. The van der Waals surface area contributed by atoms with Crippen molar-refractivity contribution >= 4 is 33.0 Å². The van der Waals surface area contributed by atoms with Crippen LogP contribution in [0.15, 0.2) is 65.6 Å². The predicted molar refractivity (Wildman–Crippen MR) is 132 cm³/mol. The largest absolute Gasteiger partial charge is 0.497 e. The molecule has 0 heterocycles. The summed E-state index contributed by atoms with van der Waals surface area (Å²) in [4.78, 5) is 23.3. The van der Waals surface area contributed by atoms with Gasteiger partial charge in [0.25, 0.3) is 15.7 Å². The highest BCUT2D eigenvalue weighted by Gasteiger charge is 2.34. The van der Waals surface area contributed by atoms with Crippen molar-refractivity contribution in [3.63, 3.8) is 0 Å². The van der Waals surface area contributed by atoms with Crippen LogP contribution in [0.1, 0.15) is 11.1 Å². The summed E-state index contributed by atoms with van der Waals surface area (Å²) in [5.74, 6) is -0.142. The molecular formula is C24H25N3O7S. The van der Waals surface area contributed by atoms with Gasteiger partial charge in [-0.15, -0.1) is 0 Å². The summed E-state index contributed by atoms with van der Waals surface area (Å²) in [6, 6.07) is 14.7. The Kier molecular flexibility index (Phi) is 7.60. The number of carbonyl (C=O) groups is 1. The number of sulfonamides is 1. The van der Waals surface area contributed by atoms with Crippen LogP contribution in [0, 0.1) is 24.0 Å². The van der Waals surface area contributed by atoms with Gasteiger partial charge in [0.05, 0.1) is 24.8 Å². The smallest absolute Gasteiger partial charge is 0.289 e. The van der Waals surface area contributed by atoms with Crippen molar-refractivity contribution in [3.8, 4) is 11.5 Å². The summed E-state index contributed by atoms with van der Waals surface area (Å²) in [6.45, 7) is 3.07. The highest BCUT2D eigenvalue weighted by Crippen LogP contribution is 2.37. The number of methoxy groups -OCH3 is 2. The normalized spacial score (nSPS) is 11.0. The van der Waals surface area contributed by atoms with Crippen molar-refractivity contribution in [1.82, 2.24) is 0 Å². The molecular weight excluding hydrogens is 474 g/mol. The number of carbonyl (C=O) groups excluding carboxylic acids is 1. The molecule has 0 fully saturated rings. The van der Waals surface area contributed by atoms with Crippen LogP contribution in [0.5, 0.6) is 11.5 Å². The van der Waals surface area contributed by atoms with Crippen LogP contribution < -0.4 is 19.1 Å². The SMILES string of the molecule is COc1ccc(N(CC(=O)Nc2ccc(C)cc2C)S(=O)(=O)c2ccccc2[N+](=O)[O-])c(OC)c1. The summed E-state index contributed by atoms with van der Waals surface area (Å²) in [7, 11) is -1.80. The van der Waals surface area contributed by atoms with Crippen molar-refractivity contribution in [2.24, 2.45) is 0 Å². The molecule has 1 amide bonds. The molecule has 0 saturated carbocycles. The fraction of sp³-hybridized carbons (Fsp3) is 0.208. The number of benzene rings is 3. The van der Waals surface area contributed by atoms with E-state index in [1.807, 2.05) is 26.0 Å². The van der Waals surface area contributed by atoms with Gasteiger partial charge >= 0.3 is 0 Å². The lowest BCUT2D eigenvalue weighted by Crippen LogP contribution is -2.38. The van der Waals surface area contributed by atoms with Crippen molar-refractivity contribution in [2.75, 3.05) is 30.4 Å². The molecule has 0 saturated heterocycles. The Bertz CT molecular complexity index is 1370. The quantitative estimate of drug-likeness (QED) is 0.347. The summed E-state index contributed by atoms with van der Waals surface area (Å²) in [6.07, 6.45) is 0. The monoisotopic (exact) mass is 499 g/mol. The topological polar surface area (TPSA) is 128 Å². The first-order chi connectivity index (χ1) is 16.6. The number of ether oxygens (including phenoxy) is 2. The number of aryl methyl sites for hydroxylation is 2. The first-order valence-corrected chi connectivity index (χ1v) is 11.9. The van der Waals surface area contributed by atoms with E-state index in [1.54, 1.807) is 6.07 Å². The molecule has 10 nitrogen and oxygen atoms in total. The van der Waals surface area contributed by atoms with E-state index in [0.29, 0.717) is 11.4 Å². The lowest BCUT2D eigenvalue weighted by atomic mass is 10.1. The maximum absolute atomic E-state index is 13.7. The van der Waals surface area contributed by atoms with Crippen LogP contribution in [0.3, 0.4) is 0 Å². The summed E-state index contributed by atoms with van der Waals surface area (Å²) < 4.78 is 38.8. The lowest BCUT2D eigenvalue weighted by Gasteiger charge is -2.26. The summed E-state index contributed by atoms with van der Waals surface area (Å²) >= 11 is 0. The standard InChI is InChI=1S/C24H25N3O7S/c1-16-9-11-19(17(2)13-16)25-24(28)15-26(20-12-10-18(33-3)14-22(20)34-4)35(31,32)23-8-6-5-7-21(23)27(29)30/h5-14H,15H2,1-4H3,(H,25,28). The van der Waals surface area contributed by atoms with Crippen LogP contribution in [-0.2, 0) is 14.8 Å². The van der Waals surface area contributed by atoms with E-state index in [0.717, 1.165) is 27.6 Å². The van der Waals surface area contributed by atoms with Gasteiger partial charge in [-0.05, 0) is 43.7 Å². The molecule has 0 unspecified atom stereocenters. The fourth-order valence-corrected chi connectivity index (χ4v) is 5.10. The van der Waals surface area contributed by atoms with Crippen molar-refractivity contribution < 1.29 is 27.6 Å². The van der Waals surface area contributed by atoms with Gasteiger partial charge in [0.2, 0.25) is 5.91 Å². The van der Waals surface area contributed by atoms with E-state index in [-0.39, 0.29) is 11.4 Å². The van der Waals surface area contributed by atoms with E-state index in [1.165, 1.54) is 44.6 Å². The Hall–Kier alpha value is -4.12. The molecule has 0 aliphatic heterocycles. The second-order valence-corrected chi connectivity index (χ2v) is 9.47. The maximum atomic E-state index is 13.7. The first-order valence-electron chi connectivity index (χ1n) is 10.4. The van der Waals surface area contributed by atoms with Crippen LogP contribution in [0.4, 0.5) is 17.1 Å². The number of nitro benzene ring substituents is 1. The van der Waals surface area contributed by atoms with Gasteiger partial charge in [-0.25, -0.2) is 8.42 Å². The number of amides is 1. The predicted octanol–water partition coefficient (Wildman–Crippen LogP) is 4.06. The average Bonchev–Trinajstić information content (AvgIpc) is 2.83. The molecule has 35 heavy (non-hydrogen) atoms. The van der Waals surface area contributed by atoms with E-state index in [9.17, 15) is 23.3 Å². The number of hydrogen-bond donors (Lipinski definition) is 1. The second kappa shape index (κ2) is 10.4. The van der Waals surface area contributed by atoms with Gasteiger partial charge < -0.3 is 14.8 Å². The molecule has 11 heteroatoms. The van der Waals surface area contributed by atoms with E-state index in [4.69, 9.17) is 9.47 Å². The number of para-hydroxylation sites is 1. The molecule has 1 N–H and O–H groups in total. The third-order valence-corrected chi connectivity index (χ3v) is 7.04. The van der Waals surface area contributed by atoms with E-state index >= 15 is 0 Å². The number of nitro groups is 1. The van der Waals surface area contributed by atoms with Crippen LogP contribution >= 0.6 is 0 Å². The van der Waals surface area contributed by atoms with E-state index < -0.39 is 38.0 Å². The van der Waals surface area contributed by atoms with Gasteiger partial charge in [0.15, 0.2) is 4.90 Å². The number of nitrogens with one attached hydrogen (secondary N) is 1. The molecule has 3 rings (SSSR count). The molecule has 0 bridgehead atoms. The van der Waals surface area contributed by atoms with Gasteiger partial charge in [-0.3, -0.25) is 19.2 Å². The number of hydrogen-bond acceptors (Lipinski definition) is 7. The van der Waals surface area contributed by atoms with Crippen molar-refractivity contribution in [2.45, 2.75) is 18.7 Å². The number of anilines is 2. The molecule has 0 aliphatic carbocycles. The van der Waals surface area contributed by atoms with Gasteiger partial charge in [0, 0.05) is 17.8 Å². The molecule has 184 valence electrons. The van der Waals surface area contributed by atoms with Gasteiger partial charge in [-0.1, -0.05) is 29.8 Å². The fourth-order valence-electron chi connectivity index (χ4n) is 3.51. The van der Waals surface area contributed by atoms with E-state index in [2.05, 4.69) is 5.32 Å². The third kappa shape index (κ3) is 5.52. The van der Waals surface area contributed by atoms with Gasteiger partial charge in [-0.2, -0.15) is 0 Å². The average molecular weight is 500 g/mol. The van der Waals surface area contributed by atoms with Crippen molar-refractivity contribution in [1.29, 1.82) is 0 Å². The lowest BCUT2D eigenvalue weighted by molar-refractivity contribution is -0.387. The van der Waals surface area contributed by atoms with Crippen molar-refractivity contribution in [3.05, 3.63) is 81.9 Å². The van der Waals surface area contributed by atoms with Crippen LogP contribution in [0.2, 0.25) is 0 Å².